The van der Waals surface area contributed by atoms with Gasteiger partial charge in [-0.1, -0.05) is 29.8 Å². The largest absolute Gasteiger partial charge is 0.379 e. The highest BCUT2D eigenvalue weighted by molar-refractivity contribution is 7.89. The number of sulfonamides is 1. The number of amides is 1. The standard InChI is InChI=1S/C20H23N3O4S/c1-15-6-7-16(2)18(12-15)14-21-22-20(24)17-4-3-5-19(13-17)28(25,26)23-8-10-27-11-9-23/h3-7,12-14H,8-11H2,1-2H3,(H,22,24)/b21-14-. The van der Waals surface area contributed by atoms with Crippen molar-refractivity contribution < 1.29 is 17.9 Å². The molecule has 0 unspecified atom stereocenters. The Morgan fingerprint density at radius 2 is 1.89 bits per heavy atom. The van der Waals surface area contributed by atoms with Gasteiger partial charge >= 0.3 is 0 Å². The molecule has 7 nitrogen and oxygen atoms in total. The summed E-state index contributed by atoms with van der Waals surface area (Å²) in [6.45, 7) is 5.29. The highest BCUT2D eigenvalue weighted by Crippen LogP contribution is 2.18. The molecule has 1 saturated heterocycles. The fraction of sp³-hybridized carbons (Fsp3) is 0.300. The van der Waals surface area contributed by atoms with E-state index in [0.29, 0.717) is 26.3 Å². The van der Waals surface area contributed by atoms with Crippen molar-refractivity contribution in [2.75, 3.05) is 26.3 Å². The van der Waals surface area contributed by atoms with Gasteiger partial charge in [-0.3, -0.25) is 4.79 Å². The number of morpholine rings is 1. The van der Waals surface area contributed by atoms with Crippen LogP contribution in [-0.2, 0) is 14.8 Å². The van der Waals surface area contributed by atoms with Crippen LogP contribution < -0.4 is 5.43 Å². The van der Waals surface area contributed by atoms with Crippen LogP contribution in [0.1, 0.15) is 27.0 Å². The Labute approximate surface area is 165 Å². The molecular weight excluding hydrogens is 378 g/mol. The van der Waals surface area contributed by atoms with Crippen molar-refractivity contribution in [1.82, 2.24) is 9.73 Å². The fourth-order valence-electron chi connectivity index (χ4n) is 2.86. The van der Waals surface area contributed by atoms with Crippen molar-refractivity contribution in [3.05, 3.63) is 64.7 Å². The third-order valence-electron chi connectivity index (χ3n) is 4.51. The van der Waals surface area contributed by atoms with E-state index >= 15 is 0 Å². The Hall–Kier alpha value is -2.55. The number of hydrogen-bond acceptors (Lipinski definition) is 5. The maximum Gasteiger partial charge on any atom is 0.271 e. The van der Waals surface area contributed by atoms with Crippen molar-refractivity contribution in [2.45, 2.75) is 18.7 Å². The van der Waals surface area contributed by atoms with Crippen molar-refractivity contribution in [3.63, 3.8) is 0 Å². The van der Waals surface area contributed by atoms with Gasteiger partial charge in [-0.15, -0.1) is 0 Å². The minimum Gasteiger partial charge on any atom is -0.379 e. The molecular formula is C20H23N3O4S. The molecule has 8 heteroatoms. The zero-order chi connectivity index (χ0) is 20.1. The summed E-state index contributed by atoms with van der Waals surface area (Å²) < 4.78 is 32.0. The van der Waals surface area contributed by atoms with Gasteiger partial charge in [0.15, 0.2) is 0 Å². The molecule has 1 fully saturated rings. The predicted octanol–water partition coefficient (Wildman–Crippen LogP) is 2.09. The molecule has 1 amide bonds. The zero-order valence-electron chi connectivity index (χ0n) is 15.9. The number of carbonyl (C=O) groups excluding carboxylic acids is 1. The summed E-state index contributed by atoms with van der Waals surface area (Å²) in [7, 11) is -3.66. The van der Waals surface area contributed by atoms with Crippen LogP contribution in [0.5, 0.6) is 0 Å². The molecule has 0 radical (unpaired) electrons. The van der Waals surface area contributed by atoms with Gasteiger partial charge in [0, 0.05) is 18.7 Å². The summed E-state index contributed by atoms with van der Waals surface area (Å²) in [6.07, 6.45) is 1.58. The smallest absolute Gasteiger partial charge is 0.271 e. The Balaban J connectivity index is 1.73. The number of carbonyl (C=O) groups is 1. The molecule has 1 aliphatic rings. The first-order chi connectivity index (χ1) is 13.4. The van der Waals surface area contributed by atoms with E-state index in [2.05, 4.69) is 10.5 Å². The topological polar surface area (TPSA) is 88.1 Å². The van der Waals surface area contributed by atoms with Crippen LogP contribution >= 0.6 is 0 Å². The summed E-state index contributed by atoms with van der Waals surface area (Å²) in [6, 6.07) is 11.9. The zero-order valence-corrected chi connectivity index (χ0v) is 16.7. The highest BCUT2D eigenvalue weighted by atomic mass is 32.2. The molecule has 0 aliphatic carbocycles. The van der Waals surface area contributed by atoms with E-state index < -0.39 is 15.9 Å². The molecule has 2 aromatic carbocycles. The van der Waals surface area contributed by atoms with E-state index in [1.807, 2.05) is 32.0 Å². The molecule has 148 valence electrons. The van der Waals surface area contributed by atoms with E-state index in [1.165, 1.54) is 16.4 Å². The van der Waals surface area contributed by atoms with Gasteiger partial charge in [0.2, 0.25) is 10.0 Å². The molecule has 1 aliphatic heterocycles. The number of nitrogens with zero attached hydrogens (tertiary/aromatic N) is 2. The molecule has 0 bridgehead atoms. The second kappa shape index (κ2) is 8.64. The maximum atomic E-state index is 12.7. The Morgan fingerprint density at radius 3 is 2.64 bits per heavy atom. The number of hydrazone groups is 1. The first kappa shape index (κ1) is 20.2. The van der Waals surface area contributed by atoms with Gasteiger partial charge in [-0.2, -0.15) is 9.41 Å². The molecule has 0 aromatic heterocycles. The van der Waals surface area contributed by atoms with Gasteiger partial charge in [0.05, 0.1) is 24.3 Å². The van der Waals surface area contributed by atoms with Crippen molar-refractivity contribution in [1.29, 1.82) is 0 Å². The van der Waals surface area contributed by atoms with Crippen LogP contribution in [0.3, 0.4) is 0 Å². The minimum absolute atomic E-state index is 0.0839. The van der Waals surface area contributed by atoms with Crippen LogP contribution in [0.4, 0.5) is 0 Å². The number of nitrogens with one attached hydrogen (secondary N) is 1. The molecule has 1 heterocycles. The average molecular weight is 401 g/mol. The van der Waals surface area contributed by atoms with Crippen LogP contribution in [-0.4, -0.2) is 51.1 Å². The van der Waals surface area contributed by atoms with Crippen molar-refractivity contribution in [2.24, 2.45) is 5.10 Å². The van der Waals surface area contributed by atoms with Crippen LogP contribution in [0.2, 0.25) is 0 Å². The third-order valence-corrected chi connectivity index (χ3v) is 6.40. The van der Waals surface area contributed by atoms with E-state index in [-0.39, 0.29) is 10.5 Å². The molecule has 2 aromatic rings. The van der Waals surface area contributed by atoms with Crippen LogP contribution in [0.25, 0.3) is 0 Å². The number of aryl methyl sites for hydroxylation is 2. The third kappa shape index (κ3) is 4.64. The molecule has 28 heavy (non-hydrogen) atoms. The molecule has 1 N–H and O–H groups in total. The van der Waals surface area contributed by atoms with Gasteiger partial charge in [0.1, 0.15) is 0 Å². The maximum absolute atomic E-state index is 12.7. The van der Waals surface area contributed by atoms with Crippen molar-refractivity contribution in [3.8, 4) is 0 Å². The molecule has 3 rings (SSSR count). The lowest BCUT2D eigenvalue weighted by Crippen LogP contribution is -2.40. The minimum atomic E-state index is -3.66. The summed E-state index contributed by atoms with van der Waals surface area (Å²) >= 11 is 0. The quantitative estimate of drug-likeness (QED) is 0.614. The van der Waals surface area contributed by atoms with E-state index in [4.69, 9.17) is 4.74 Å². The van der Waals surface area contributed by atoms with E-state index in [0.717, 1.165) is 16.7 Å². The lowest BCUT2D eigenvalue weighted by molar-refractivity contribution is 0.0730. The van der Waals surface area contributed by atoms with Gasteiger partial charge < -0.3 is 4.74 Å². The SMILES string of the molecule is Cc1ccc(C)c(/C=N\NC(=O)c2cccc(S(=O)(=O)N3CCOCC3)c2)c1. The first-order valence-electron chi connectivity index (χ1n) is 8.96. The Morgan fingerprint density at radius 1 is 1.14 bits per heavy atom. The summed E-state index contributed by atoms with van der Waals surface area (Å²) in [5.74, 6) is -0.472. The van der Waals surface area contributed by atoms with Gasteiger partial charge in [-0.25, -0.2) is 13.8 Å². The van der Waals surface area contributed by atoms with Gasteiger partial charge in [-0.05, 0) is 43.2 Å². The second-order valence-corrected chi connectivity index (χ2v) is 8.54. The Kier molecular flexibility index (Phi) is 6.23. The number of ether oxygens (including phenoxy) is 1. The first-order valence-corrected chi connectivity index (χ1v) is 10.4. The Bertz CT molecular complexity index is 996. The van der Waals surface area contributed by atoms with Crippen molar-refractivity contribution >= 4 is 22.1 Å². The average Bonchev–Trinajstić information content (AvgIpc) is 2.71. The molecule has 0 saturated carbocycles. The lowest BCUT2D eigenvalue weighted by Gasteiger charge is -2.26. The van der Waals surface area contributed by atoms with E-state index in [1.54, 1.807) is 18.3 Å². The fourth-order valence-corrected chi connectivity index (χ4v) is 4.31. The van der Waals surface area contributed by atoms with E-state index in [9.17, 15) is 13.2 Å². The normalized spacial score (nSPS) is 15.6. The number of benzene rings is 2. The lowest BCUT2D eigenvalue weighted by atomic mass is 10.1. The van der Waals surface area contributed by atoms with Gasteiger partial charge in [0.25, 0.3) is 5.91 Å². The molecule has 0 spiro atoms. The monoisotopic (exact) mass is 401 g/mol. The summed E-state index contributed by atoms with van der Waals surface area (Å²) in [5.41, 5.74) is 5.73. The summed E-state index contributed by atoms with van der Waals surface area (Å²) in [5, 5.41) is 4.00. The number of rotatable bonds is 5. The highest BCUT2D eigenvalue weighted by Gasteiger charge is 2.26. The summed E-state index contributed by atoms with van der Waals surface area (Å²) in [4.78, 5) is 12.5. The predicted molar refractivity (Wildman–Crippen MR) is 107 cm³/mol. The number of hydrogen-bond donors (Lipinski definition) is 1. The second-order valence-electron chi connectivity index (χ2n) is 6.60. The molecule has 0 atom stereocenters. The van der Waals surface area contributed by atoms with Crippen LogP contribution in [0, 0.1) is 13.8 Å². The van der Waals surface area contributed by atoms with Crippen LogP contribution in [0.15, 0.2) is 52.5 Å².